The average molecular weight is 315 g/mol. The third-order valence-corrected chi connectivity index (χ3v) is 3.71. The van der Waals surface area contributed by atoms with E-state index in [4.69, 9.17) is 0 Å². The molecule has 0 saturated carbocycles. The van der Waals surface area contributed by atoms with E-state index in [2.05, 4.69) is 19.0 Å². The first kappa shape index (κ1) is 14.3. The maximum Gasteiger partial charge on any atom is 0.253 e. The summed E-state index contributed by atoms with van der Waals surface area (Å²) < 4.78 is 9.54. The number of carbonyl (C=O) groups is 1. The monoisotopic (exact) mass is 315 g/mol. The van der Waals surface area contributed by atoms with Gasteiger partial charge in [0.1, 0.15) is 17.6 Å². The molecule has 0 bridgehead atoms. The molecule has 3 rings (SSSR count). The third kappa shape index (κ3) is 2.86. The highest BCUT2D eigenvalue weighted by molar-refractivity contribution is 7.00. The van der Waals surface area contributed by atoms with Gasteiger partial charge < -0.3 is 5.32 Å². The Kier molecular flexibility index (Phi) is 3.92. The lowest BCUT2D eigenvalue weighted by atomic mass is 10.2. The molecular weight excluding hydrogens is 302 g/mol. The smallest absolute Gasteiger partial charge is 0.253 e. The van der Waals surface area contributed by atoms with Gasteiger partial charge in [-0.05, 0) is 18.6 Å². The van der Waals surface area contributed by atoms with Crippen molar-refractivity contribution in [2.75, 3.05) is 5.32 Å². The van der Waals surface area contributed by atoms with Crippen LogP contribution in [-0.2, 0) is 17.8 Å². The zero-order valence-corrected chi connectivity index (χ0v) is 12.6. The highest BCUT2D eigenvalue weighted by Gasteiger charge is 2.10. The standard InChI is InChI=1S/C14H13N5O2S/c1-2-9-6-13(21)19(8-15-9)7-12(20)16-10-4-3-5-11-14(10)18-22-17-11/h3-6,8H,2,7H2,1H3,(H,16,20). The maximum absolute atomic E-state index is 12.1. The quantitative estimate of drug-likeness (QED) is 0.787. The van der Waals surface area contributed by atoms with Crippen LogP contribution in [0.1, 0.15) is 12.6 Å². The van der Waals surface area contributed by atoms with Gasteiger partial charge in [0, 0.05) is 11.8 Å². The number of fused-ring (bicyclic) bond motifs is 1. The topological polar surface area (TPSA) is 89.8 Å². The van der Waals surface area contributed by atoms with Gasteiger partial charge in [0.05, 0.1) is 23.7 Å². The Morgan fingerprint density at radius 1 is 1.36 bits per heavy atom. The van der Waals surface area contributed by atoms with Gasteiger partial charge in [-0.3, -0.25) is 14.2 Å². The lowest BCUT2D eigenvalue weighted by Crippen LogP contribution is -2.27. The van der Waals surface area contributed by atoms with Crippen LogP contribution in [0.25, 0.3) is 11.0 Å². The van der Waals surface area contributed by atoms with Gasteiger partial charge in [-0.25, -0.2) is 4.98 Å². The van der Waals surface area contributed by atoms with E-state index < -0.39 is 0 Å². The molecule has 0 spiro atoms. The number of amides is 1. The summed E-state index contributed by atoms with van der Waals surface area (Å²) in [6, 6.07) is 6.82. The van der Waals surface area contributed by atoms with Crippen molar-refractivity contribution >= 4 is 34.4 Å². The molecule has 112 valence electrons. The van der Waals surface area contributed by atoms with Crippen LogP contribution in [0.2, 0.25) is 0 Å². The second-order valence-electron chi connectivity index (χ2n) is 4.69. The first-order chi connectivity index (χ1) is 10.7. The summed E-state index contributed by atoms with van der Waals surface area (Å²) in [4.78, 5) is 28.1. The summed E-state index contributed by atoms with van der Waals surface area (Å²) in [6.07, 6.45) is 2.08. The molecule has 0 atom stereocenters. The molecular formula is C14H13N5O2S. The zero-order chi connectivity index (χ0) is 15.5. The van der Waals surface area contributed by atoms with E-state index in [1.165, 1.54) is 17.0 Å². The zero-order valence-electron chi connectivity index (χ0n) is 11.8. The molecule has 1 amide bonds. The van der Waals surface area contributed by atoms with Gasteiger partial charge in [0.15, 0.2) is 0 Å². The Labute approximate surface area is 130 Å². The predicted molar refractivity (Wildman–Crippen MR) is 83.9 cm³/mol. The minimum atomic E-state index is -0.311. The van der Waals surface area contributed by atoms with Crippen LogP contribution in [0.15, 0.2) is 35.4 Å². The first-order valence-corrected chi connectivity index (χ1v) is 7.47. The van der Waals surface area contributed by atoms with Gasteiger partial charge in [-0.2, -0.15) is 8.75 Å². The van der Waals surface area contributed by atoms with Gasteiger partial charge in [-0.1, -0.05) is 13.0 Å². The minimum Gasteiger partial charge on any atom is -0.323 e. The SMILES string of the molecule is CCc1cc(=O)n(CC(=O)Nc2cccc3nsnc23)cn1. The molecule has 0 aliphatic heterocycles. The molecule has 0 unspecified atom stereocenters. The Morgan fingerprint density at radius 3 is 3.00 bits per heavy atom. The van der Waals surface area contributed by atoms with Crippen molar-refractivity contribution in [1.29, 1.82) is 0 Å². The van der Waals surface area contributed by atoms with E-state index in [1.54, 1.807) is 12.1 Å². The van der Waals surface area contributed by atoms with Crippen LogP contribution >= 0.6 is 11.7 Å². The normalized spacial score (nSPS) is 10.8. The number of nitrogens with one attached hydrogen (secondary N) is 1. The van der Waals surface area contributed by atoms with Crippen molar-refractivity contribution in [2.24, 2.45) is 0 Å². The molecule has 1 aromatic carbocycles. The minimum absolute atomic E-state index is 0.0935. The van der Waals surface area contributed by atoms with Crippen molar-refractivity contribution in [3.63, 3.8) is 0 Å². The van der Waals surface area contributed by atoms with Gasteiger partial charge in [-0.15, -0.1) is 0 Å². The van der Waals surface area contributed by atoms with Gasteiger partial charge >= 0.3 is 0 Å². The number of hydrogen-bond donors (Lipinski definition) is 1. The molecule has 1 N–H and O–H groups in total. The molecule has 0 saturated heterocycles. The number of aryl methyl sites for hydroxylation is 1. The molecule has 22 heavy (non-hydrogen) atoms. The van der Waals surface area contributed by atoms with E-state index >= 15 is 0 Å². The number of anilines is 1. The predicted octanol–water partition coefficient (Wildman–Crippen LogP) is 1.45. The van der Waals surface area contributed by atoms with Crippen molar-refractivity contribution in [1.82, 2.24) is 18.3 Å². The number of hydrogen-bond acceptors (Lipinski definition) is 6. The highest BCUT2D eigenvalue weighted by atomic mass is 32.1. The largest absolute Gasteiger partial charge is 0.323 e. The summed E-state index contributed by atoms with van der Waals surface area (Å²) in [7, 11) is 0. The third-order valence-electron chi connectivity index (χ3n) is 3.17. The second kappa shape index (κ2) is 6.02. The molecule has 2 aromatic heterocycles. The van der Waals surface area contributed by atoms with E-state index in [9.17, 15) is 9.59 Å². The summed E-state index contributed by atoms with van der Waals surface area (Å²) in [5.74, 6) is -0.311. The summed E-state index contributed by atoms with van der Waals surface area (Å²) in [5, 5.41) is 2.75. The Balaban J connectivity index is 1.78. The van der Waals surface area contributed by atoms with Crippen molar-refractivity contribution in [3.8, 4) is 0 Å². The van der Waals surface area contributed by atoms with Crippen molar-refractivity contribution < 1.29 is 4.79 Å². The highest BCUT2D eigenvalue weighted by Crippen LogP contribution is 2.20. The molecule has 0 fully saturated rings. The van der Waals surface area contributed by atoms with E-state index in [0.717, 1.165) is 17.2 Å². The summed E-state index contributed by atoms with van der Waals surface area (Å²) >= 11 is 1.09. The number of nitrogens with zero attached hydrogens (tertiary/aromatic N) is 4. The number of aromatic nitrogens is 4. The Bertz CT molecular complexity index is 886. The lowest BCUT2D eigenvalue weighted by Gasteiger charge is -2.07. The molecule has 0 aliphatic carbocycles. The molecule has 7 nitrogen and oxygen atoms in total. The number of benzene rings is 1. The number of rotatable bonds is 4. The molecule has 8 heteroatoms. The van der Waals surface area contributed by atoms with Crippen LogP contribution in [0, 0.1) is 0 Å². The van der Waals surface area contributed by atoms with E-state index in [-0.39, 0.29) is 18.0 Å². The summed E-state index contributed by atoms with van der Waals surface area (Å²) in [6.45, 7) is 1.82. The fourth-order valence-electron chi connectivity index (χ4n) is 2.03. The van der Waals surface area contributed by atoms with Gasteiger partial charge in [0.25, 0.3) is 5.56 Å². The summed E-state index contributed by atoms with van der Waals surface area (Å²) in [5.41, 5.74) is 2.43. The molecule has 2 heterocycles. The van der Waals surface area contributed by atoms with Gasteiger partial charge in [0.2, 0.25) is 5.91 Å². The fourth-order valence-corrected chi connectivity index (χ4v) is 2.58. The Morgan fingerprint density at radius 2 is 2.23 bits per heavy atom. The van der Waals surface area contributed by atoms with E-state index in [1.807, 2.05) is 13.0 Å². The maximum atomic E-state index is 12.1. The molecule has 3 aromatic rings. The number of carbonyl (C=O) groups excluding carboxylic acids is 1. The first-order valence-electron chi connectivity index (χ1n) is 6.74. The Hall–Kier alpha value is -2.61. The van der Waals surface area contributed by atoms with Crippen LogP contribution in [0.4, 0.5) is 5.69 Å². The van der Waals surface area contributed by atoms with Crippen LogP contribution in [0.5, 0.6) is 0 Å². The van der Waals surface area contributed by atoms with E-state index in [0.29, 0.717) is 23.3 Å². The fraction of sp³-hybridized carbons (Fsp3) is 0.214. The average Bonchev–Trinajstić information content (AvgIpc) is 2.99. The molecule has 0 radical (unpaired) electrons. The van der Waals surface area contributed by atoms with Crippen LogP contribution in [0.3, 0.4) is 0 Å². The van der Waals surface area contributed by atoms with Crippen molar-refractivity contribution in [3.05, 3.63) is 46.6 Å². The molecule has 0 aliphatic rings. The van der Waals surface area contributed by atoms with Crippen molar-refractivity contribution in [2.45, 2.75) is 19.9 Å². The van der Waals surface area contributed by atoms with Crippen LogP contribution < -0.4 is 10.9 Å². The second-order valence-corrected chi connectivity index (χ2v) is 5.21. The van der Waals surface area contributed by atoms with Crippen LogP contribution in [-0.4, -0.2) is 24.2 Å². The lowest BCUT2D eigenvalue weighted by molar-refractivity contribution is -0.116.